The van der Waals surface area contributed by atoms with Crippen molar-refractivity contribution in [1.29, 1.82) is 0 Å². The Balaban J connectivity index is 1.37. The summed E-state index contributed by atoms with van der Waals surface area (Å²) >= 11 is 0. The molecule has 2 bridgehead atoms. The molecule has 0 spiro atoms. The van der Waals surface area contributed by atoms with Crippen LogP contribution >= 0.6 is 0 Å². The fourth-order valence-electron chi connectivity index (χ4n) is 8.23. The fraction of sp³-hybridized carbons (Fsp3) is 0.537. The predicted molar refractivity (Wildman–Crippen MR) is 212 cm³/mol. The number of nitrogens with one attached hydrogen (secondary N) is 4. The van der Waals surface area contributed by atoms with Gasteiger partial charge in [-0.1, -0.05) is 24.5 Å². The summed E-state index contributed by atoms with van der Waals surface area (Å²) in [5.41, 5.74) is 6.86. The highest BCUT2D eigenvalue weighted by Crippen LogP contribution is 2.49. The first-order valence-corrected chi connectivity index (χ1v) is 18.9. The normalized spacial score (nSPS) is 25.3. The molecular formula is C41H57N7O6. The number of hydrogen-bond acceptors (Lipinski definition) is 9. The zero-order valence-electron chi connectivity index (χ0n) is 32.1. The van der Waals surface area contributed by atoms with E-state index >= 15 is 0 Å². The molecule has 4 atom stereocenters. The van der Waals surface area contributed by atoms with Gasteiger partial charge >= 0.3 is 0 Å². The topological polar surface area (TPSA) is 184 Å². The number of aryl methyl sites for hydroxylation is 1. The molecule has 8 N–H and O–H groups in total. The minimum absolute atomic E-state index is 0.00777. The number of methoxy groups -OCH3 is 1. The van der Waals surface area contributed by atoms with Gasteiger partial charge in [-0.3, -0.25) is 20.1 Å². The summed E-state index contributed by atoms with van der Waals surface area (Å²) in [5, 5.41) is 34.3. The Morgan fingerprint density at radius 2 is 2.00 bits per heavy atom. The quantitative estimate of drug-likeness (QED) is 0.0404. The van der Waals surface area contributed by atoms with Crippen LogP contribution in [-0.2, 0) is 22.4 Å². The van der Waals surface area contributed by atoms with Gasteiger partial charge in [0.2, 0.25) is 5.96 Å². The molecule has 1 heterocycles. The van der Waals surface area contributed by atoms with E-state index in [1.807, 2.05) is 37.4 Å². The number of carbonyl (C=O) groups excluding carboxylic acids is 1. The lowest BCUT2D eigenvalue weighted by Gasteiger charge is -2.33. The molecule has 0 amide bonds. The number of allylic oxidation sites excluding steroid dienone is 2. The number of nitrogens with zero attached hydrogens (tertiary/aromatic N) is 2. The van der Waals surface area contributed by atoms with Crippen LogP contribution in [0.1, 0.15) is 68.9 Å². The number of nitrogens with two attached hydrogens (primary N) is 1. The lowest BCUT2D eigenvalue weighted by molar-refractivity contribution is -0.125. The second-order valence-electron chi connectivity index (χ2n) is 14.6. The number of phenolic OH excluding ortho intramolecular Hbond substituents is 2. The van der Waals surface area contributed by atoms with Gasteiger partial charge in [-0.05, 0) is 118 Å². The first-order valence-electron chi connectivity index (χ1n) is 18.9. The van der Waals surface area contributed by atoms with Gasteiger partial charge in [-0.15, -0.1) is 0 Å². The van der Waals surface area contributed by atoms with Gasteiger partial charge in [0.25, 0.3) is 0 Å². The van der Waals surface area contributed by atoms with Crippen LogP contribution in [0.2, 0.25) is 0 Å². The predicted octanol–water partition coefficient (Wildman–Crippen LogP) is 4.58. The van der Waals surface area contributed by atoms with E-state index < -0.39 is 11.0 Å². The summed E-state index contributed by atoms with van der Waals surface area (Å²) < 4.78 is 17.9. The molecule has 5 rings (SSSR count). The molecule has 0 radical (unpaired) electrons. The van der Waals surface area contributed by atoms with Gasteiger partial charge in [0.1, 0.15) is 12.3 Å². The summed E-state index contributed by atoms with van der Waals surface area (Å²) in [6, 6.07) is 12.1. The third-order valence-electron chi connectivity index (χ3n) is 11.1. The highest BCUT2D eigenvalue weighted by molar-refractivity contribution is 5.97. The Hall–Kier alpha value is -4.93. The van der Waals surface area contributed by atoms with E-state index in [9.17, 15) is 15.0 Å². The minimum Gasteiger partial charge on any atom is -0.504 e. The maximum absolute atomic E-state index is 14.2. The first kappa shape index (κ1) is 40.3. The molecule has 3 aliphatic rings. The van der Waals surface area contributed by atoms with Crippen molar-refractivity contribution in [3.05, 3.63) is 53.6 Å². The van der Waals surface area contributed by atoms with E-state index in [1.54, 1.807) is 26.2 Å². The number of fused-ring (bicyclic) bond motifs is 3. The van der Waals surface area contributed by atoms with Crippen molar-refractivity contribution in [1.82, 2.24) is 16.0 Å². The molecule has 13 heteroatoms. The average molecular weight is 744 g/mol. The number of ether oxygens (including phenoxy) is 3. The van der Waals surface area contributed by atoms with Gasteiger partial charge in [0.15, 0.2) is 34.7 Å². The van der Waals surface area contributed by atoms with Crippen molar-refractivity contribution in [3.8, 4) is 35.0 Å². The number of aliphatic imine (C=N–C) groups is 2. The smallest absolute Gasteiger partial charge is 0.207 e. The Morgan fingerprint density at radius 3 is 2.78 bits per heavy atom. The first-order chi connectivity index (χ1) is 26.1. The molecule has 0 saturated heterocycles. The SMILES string of the molecule is CN=C(N)NCOCCC1CCC(CNC)(Oc2cc3cc(c2O)NC(=NC)NC#CCC2CCCC2(Cc2ccc(O)c(OC)c2)C(=O)C=CCC3)C1. The third-order valence-corrected chi connectivity index (χ3v) is 11.1. The van der Waals surface area contributed by atoms with E-state index in [2.05, 4.69) is 43.2 Å². The molecule has 2 aromatic rings. The maximum Gasteiger partial charge on any atom is 0.207 e. The van der Waals surface area contributed by atoms with Crippen molar-refractivity contribution in [2.75, 3.05) is 53.5 Å². The number of hydrogen-bond donors (Lipinski definition) is 7. The Labute approximate surface area is 319 Å². The number of guanidine groups is 2. The van der Waals surface area contributed by atoms with Crippen LogP contribution in [0.4, 0.5) is 5.69 Å². The van der Waals surface area contributed by atoms with Crippen LogP contribution < -0.4 is 36.5 Å². The molecule has 2 fully saturated rings. The molecule has 292 valence electrons. The second-order valence-corrected chi connectivity index (χ2v) is 14.6. The number of rotatable bonds is 12. The minimum atomic E-state index is -0.626. The summed E-state index contributed by atoms with van der Waals surface area (Å²) in [7, 11) is 6.71. The standard InChI is InChI=1S/C41H57N7O6/c1-43-26-40(18-15-28(24-40)16-20-53-27-47-38(42)44-2)54-35-22-29-9-5-6-12-36(50)41(25-30-13-14-33(49)34(23-30)52-4)17-7-10-31(41)11-8-19-46-39(45-3)48-32(21-29)37(35)51/h6,12-14,21-23,28,31,43,49,51H,5,7,9-11,15-18,20,24-27H2,1-4H3,(H3,42,44,47)(H2,45,46,48). The van der Waals surface area contributed by atoms with E-state index in [1.165, 1.54) is 7.11 Å². The highest BCUT2D eigenvalue weighted by atomic mass is 16.5. The van der Waals surface area contributed by atoms with Gasteiger partial charge in [0.05, 0.1) is 12.8 Å². The lowest BCUT2D eigenvalue weighted by Crippen LogP contribution is -2.42. The number of likely N-dealkylation sites (N-methyl/N-ethyl adjacent to an activating group) is 1. The van der Waals surface area contributed by atoms with Crippen molar-refractivity contribution in [3.63, 3.8) is 0 Å². The second kappa shape index (κ2) is 18.9. The van der Waals surface area contributed by atoms with Gasteiger partial charge in [-0.2, -0.15) is 0 Å². The van der Waals surface area contributed by atoms with Crippen LogP contribution in [0.5, 0.6) is 23.0 Å². The number of phenols is 2. The Bertz CT molecular complexity index is 1770. The van der Waals surface area contributed by atoms with Gasteiger partial charge in [-0.25, -0.2) is 0 Å². The molecule has 1 aliphatic heterocycles. The van der Waals surface area contributed by atoms with E-state index in [0.717, 1.165) is 56.1 Å². The molecule has 2 aromatic carbocycles. The Morgan fingerprint density at radius 1 is 1.15 bits per heavy atom. The largest absolute Gasteiger partial charge is 0.504 e. The van der Waals surface area contributed by atoms with Crippen LogP contribution in [0.3, 0.4) is 0 Å². The van der Waals surface area contributed by atoms with Crippen molar-refractivity contribution in [2.24, 2.45) is 33.0 Å². The van der Waals surface area contributed by atoms with Crippen LogP contribution in [0.25, 0.3) is 0 Å². The summed E-state index contributed by atoms with van der Waals surface area (Å²) in [4.78, 5) is 22.5. The molecule has 13 nitrogen and oxygen atoms in total. The zero-order chi connectivity index (χ0) is 38.6. The summed E-state index contributed by atoms with van der Waals surface area (Å²) in [5.74, 6) is 5.35. The van der Waals surface area contributed by atoms with Crippen LogP contribution in [0, 0.1) is 29.2 Å². The molecule has 2 saturated carbocycles. The number of aromatic hydroxyl groups is 2. The third kappa shape index (κ3) is 9.98. The van der Waals surface area contributed by atoms with Crippen molar-refractivity contribution < 1.29 is 29.2 Å². The molecule has 54 heavy (non-hydrogen) atoms. The monoisotopic (exact) mass is 743 g/mol. The summed E-state index contributed by atoms with van der Waals surface area (Å²) in [6.07, 6.45) is 12.0. The number of carbonyl (C=O) groups is 1. The molecule has 4 unspecified atom stereocenters. The zero-order valence-corrected chi connectivity index (χ0v) is 32.1. The molecule has 2 aliphatic carbocycles. The average Bonchev–Trinajstić information content (AvgIpc) is 3.77. The fourth-order valence-corrected chi connectivity index (χ4v) is 8.23. The summed E-state index contributed by atoms with van der Waals surface area (Å²) in [6.45, 7) is 1.50. The maximum atomic E-state index is 14.2. The van der Waals surface area contributed by atoms with Crippen LogP contribution in [-0.4, -0.2) is 81.7 Å². The van der Waals surface area contributed by atoms with E-state index in [-0.39, 0.29) is 23.2 Å². The van der Waals surface area contributed by atoms with Crippen molar-refractivity contribution in [2.45, 2.75) is 76.2 Å². The molecule has 0 aromatic heterocycles. The number of anilines is 1. The number of benzene rings is 2. The van der Waals surface area contributed by atoms with Gasteiger partial charge < -0.3 is 46.1 Å². The molecular weight excluding hydrogens is 686 g/mol. The Kier molecular flexibility index (Phi) is 14.1. The highest BCUT2D eigenvalue weighted by Gasteiger charge is 2.47. The van der Waals surface area contributed by atoms with E-state index in [0.29, 0.717) is 80.6 Å². The lowest BCUT2D eigenvalue weighted by atomic mass is 9.69. The van der Waals surface area contributed by atoms with Crippen LogP contribution in [0.15, 0.2) is 52.5 Å². The van der Waals surface area contributed by atoms with Gasteiger partial charge in [0, 0.05) is 45.1 Å². The number of ketones is 1. The van der Waals surface area contributed by atoms with Crippen molar-refractivity contribution >= 4 is 23.4 Å². The van der Waals surface area contributed by atoms with E-state index in [4.69, 9.17) is 19.9 Å².